The zero-order valence-corrected chi connectivity index (χ0v) is 7.34. The van der Waals surface area contributed by atoms with E-state index in [1.165, 1.54) is 6.92 Å². The highest BCUT2D eigenvalue weighted by Gasteiger charge is 2.02. The fourth-order valence-corrected chi connectivity index (χ4v) is 0.443. The Morgan fingerprint density at radius 3 is 2.20 bits per heavy atom. The zero-order chi connectivity index (χ0) is 7.28. The summed E-state index contributed by atoms with van der Waals surface area (Å²) in [6, 6.07) is 0. The summed E-state index contributed by atoms with van der Waals surface area (Å²) in [6.45, 7) is 1.32. The molecule has 0 aliphatic rings. The molecule has 0 fully saturated rings. The van der Waals surface area contributed by atoms with Crippen LogP contribution in [0, 0.1) is 0 Å². The third-order valence-corrected chi connectivity index (χ3v) is 0.757. The highest BCUT2D eigenvalue weighted by molar-refractivity contribution is 6.92. The van der Waals surface area contributed by atoms with Crippen LogP contribution in [0.5, 0.6) is 0 Å². The van der Waals surface area contributed by atoms with Crippen LogP contribution in [0.2, 0.25) is 0 Å². The molecule has 0 saturated carbocycles. The standard InChI is InChI=1S/C6H8O3.H3P/c1-5(8)4-6(9)2-3-7;/h3H,2,4H2,1H3;1H3. The Morgan fingerprint density at radius 2 is 1.90 bits per heavy atom. The van der Waals surface area contributed by atoms with Crippen LogP contribution in [0.3, 0.4) is 0 Å². The number of carbonyl (C=O) groups excluding carboxylic acids is 3. The van der Waals surface area contributed by atoms with E-state index in [4.69, 9.17) is 0 Å². The molecule has 0 heterocycles. The van der Waals surface area contributed by atoms with Crippen molar-refractivity contribution in [2.45, 2.75) is 19.8 Å². The summed E-state index contributed by atoms with van der Waals surface area (Å²) in [5, 5.41) is 0. The number of hydrogen-bond acceptors (Lipinski definition) is 3. The lowest BCUT2D eigenvalue weighted by Crippen LogP contribution is -2.03. The number of carbonyl (C=O) groups is 3. The van der Waals surface area contributed by atoms with Crippen LogP contribution in [0.15, 0.2) is 0 Å². The fraction of sp³-hybridized carbons (Fsp3) is 0.500. The van der Waals surface area contributed by atoms with Gasteiger partial charge in [0, 0.05) is 0 Å². The molecule has 0 radical (unpaired) electrons. The van der Waals surface area contributed by atoms with Gasteiger partial charge in [-0.05, 0) is 6.92 Å². The molecule has 0 amide bonds. The first-order valence-electron chi connectivity index (χ1n) is 2.61. The molecule has 0 bridgehead atoms. The number of hydrogen-bond donors (Lipinski definition) is 0. The minimum absolute atomic E-state index is 0. The van der Waals surface area contributed by atoms with Crippen LogP contribution in [0.1, 0.15) is 19.8 Å². The third kappa shape index (κ3) is 7.44. The van der Waals surface area contributed by atoms with Gasteiger partial charge in [-0.2, -0.15) is 9.90 Å². The first-order chi connectivity index (χ1) is 4.16. The number of ketones is 2. The molecule has 0 aromatic heterocycles. The summed E-state index contributed by atoms with van der Waals surface area (Å²) in [7, 11) is 0. The fourth-order valence-electron chi connectivity index (χ4n) is 0.443. The first-order valence-corrected chi connectivity index (χ1v) is 2.61. The Bertz CT molecular complexity index is 142. The molecular formula is C6H11O3P. The highest BCUT2D eigenvalue weighted by Crippen LogP contribution is 1.87. The lowest BCUT2D eigenvalue weighted by atomic mass is 10.2. The SMILES string of the molecule is CC(=O)CC(=O)CC=O.P. The van der Waals surface area contributed by atoms with Crippen LogP contribution >= 0.6 is 9.90 Å². The van der Waals surface area contributed by atoms with E-state index in [1.807, 2.05) is 0 Å². The van der Waals surface area contributed by atoms with Gasteiger partial charge in [0.05, 0.1) is 12.8 Å². The van der Waals surface area contributed by atoms with Crippen molar-refractivity contribution in [3.63, 3.8) is 0 Å². The summed E-state index contributed by atoms with van der Waals surface area (Å²) >= 11 is 0. The van der Waals surface area contributed by atoms with Gasteiger partial charge in [-0.25, -0.2) is 0 Å². The lowest BCUT2D eigenvalue weighted by Gasteiger charge is -1.87. The summed E-state index contributed by atoms with van der Waals surface area (Å²) < 4.78 is 0. The van der Waals surface area contributed by atoms with Gasteiger partial charge in [-0.1, -0.05) is 0 Å². The molecule has 0 aromatic rings. The van der Waals surface area contributed by atoms with Crippen LogP contribution in [-0.4, -0.2) is 17.9 Å². The second kappa shape index (κ2) is 6.56. The maximum Gasteiger partial charge on any atom is 0.147 e. The molecule has 58 valence electrons. The van der Waals surface area contributed by atoms with Crippen molar-refractivity contribution in [2.75, 3.05) is 0 Å². The number of Topliss-reactive ketones (excluding diaryl/α,β-unsaturated/α-hetero) is 2. The Labute approximate surface area is 62.8 Å². The summed E-state index contributed by atoms with van der Waals surface area (Å²) in [5.41, 5.74) is 0. The topological polar surface area (TPSA) is 51.2 Å². The van der Waals surface area contributed by atoms with E-state index in [9.17, 15) is 14.4 Å². The molecule has 0 spiro atoms. The molecule has 1 atom stereocenters. The van der Waals surface area contributed by atoms with Crippen molar-refractivity contribution in [3.8, 4) is 0 Å². The predicted molar refractivity (Wildman–Crippen MR) is 42.1 cm³/mol. The predicted octanol–water partition coefficient (Wildman–Crippen LogP) is 0.182. The molecule has 0 saturated heterocycles. The van der Waals surface area contributed by atoms with E-state index in [-0.39, 0.29) is 34.3 Å². The Morgan fingerprint density at radius 1 is 1.40 bits per heavy atom. The number of rotatable bonds is 4. The largest absolute Gasteiger partial charge is 0.303 e. The van der Waals surface area contributed by atoms with Gasteiger partial charge in [0.15, 0.2) is 0 Å². The molecule has 10 heavy (non-hydrogen) atoms. The second-order valence-electron chi connectivity index (χ2n) is 1.79. The van der Waals surface area contributed by atoms with Crippen molar-refractivity contribution in [2.24, 2.45) is 0 Å². The molecule has 0 aromatic carbocycles. The normalized spacial score (nSPS) is 7.70. The van der Waals surface area contributed by atoms with Crippen molar-refractivity contribution < 1.29 is 14.4 Å². The van der Waals surface area contributed by atoms with Crippen molar-refractivity contribution in [1.29, 1.82) is 0 Å². The van der Waals surface area contributed by atoms with Crippen molar-refractivity contribution in [3.05, 3.63) is 0 Å². The van der Waals surface area contributed by atoms with E-state index < -0.39 is 0 Å². The lowest BCUT2D eigenvalue weighted by molar-refractivity contribution is -0.126. The minimum Gasteiger partial charge on any atom is -0.303 e. The van der Waals surface area contributed by atoms with E-state index in [1.54, 1.807) is 0 Å². The monoisotopic (exact) mass is 162 g/mol. The smallest absolute Gasteiger partial charge is 0.147 e. The van der Waals surface area contributed by atoms with Crippen molar-refractivity contribution in [1.82, 2.24) is 0 Å². The molecule has 0 N–H and O–H groups in total. The maximum atomic E-state index is 10.4. The van der Waals surface area contributed by atoms with Gasteiger partial charge in [0.1, 0.15) is 17.9 Å². The quantitative estimate of drug-likeness (QED) is 0.336. The Balaban J connectivity index is 0. The highest BCUT2D eigenvalue weighted by atomic mass is 31.0. The van der Waals surface area contributed by atoms with E-state index in [0.29, 0.717) is 6.29 Å². The summed E-state index contributed by atoms with van der Waals surface area (Å²) in [4.78, 5) is 30.3. The molecule has 0 aliphatic carbocycles. The molecule has 1 unspecified atom stereocenters. The van der Waals surface area contributed by atoms with Crippen molar-refractivity contribution >= 4 is 27.8 Å². The molecular weight excluding hydrogens is 151 g/mol. The van der Waals surface area contributed by atoms with Gasteiger partial charge < -0.3 is 4.79 Å². The van der Waals surface area contributed by atoms with E-state index in [0.717, 1.165) is 0 Å². The summed E-state index contributed by atoms with van der Waals surface area (Å²) in [5.74, 6) is -0.501. The number of aldehydes is 1. The van der Waals surface area contributed by atoms with Gasteiger partial charge in [-0.3, -0.25) is 9.59 Å². The van der Waals surface area contributed by atoms with Crippen LogP contribution in [0.25, 0.3) is 0 Å². The van der Waals surface area contributed by atoms with E-state index in [2.05, 4.69) is 0 Å². The molecule has 3 nitrogen and oxygen atoms in total. The average molecular weight is 162 g/mol. The van der Waals surface area contributed by atoms with Gasteiger partial charge in [0.25, 0.3) is 0 Å². The van der Waals surface area contributed by atoms with Crippen LogP contribution in [0.4, 0.5) is 0 Å². The van der Waals surface area contributed by atoms with Gasteiger partial charge >= 0.3 is 0 Å². The second-order valence-corrected chi connectivity index (χ2v) is 1.79. The minimum atomic E-state index is -0.308. The van der Waals surface area contributed by atoms with Crippen LogP contribution in [-0.2, 0) is 14.4 Å². The third-order valence-electron chi connectivity index (χ3n) is 0.757. The van der Waals surface area contributed by atoms with Crippen LogP contribution < -0.4 is 0 Å². The van der Waals surface area contributed by atoms with E-state index >= 15 is 0 Å². The Hall–Kier alpha value is -0.560. The molecule has 0 aliphatic heterocycles. The zero-order valence-electron chi connectivity index (χ0n) is 5.92. The Kier molecular flexibility index (Phi) is 7.97. The average Bonchev–Trinajstić information content (AvgIpc) is 1.63. The van der Waals surface area contributed by atoms with Gasteiger partial charge in [0.2, 0.25) is 0 Å². The van der Waals surface area contributed by atoms with Gasteiger partial charge in [-0.15, -0.1) is 0 Å². The molecule has 4 heteroatoms. The first kappa shape index (κ1) is 12.1. The maximum absolute atomic E-state index is 10.4. The molecule has 0 rings (SSSR count). The summed E-state index contributed by atoms with van der Waals surface area (Å²) in [6.07, 6.45) is 0.254.